The lowest BCUT2D eigenvalue weighted by atomic mass is 9.85. The molecule has 262 valence electrons. The van der Waals surface area contributed by atoms with Crippen LogP contribution < -0.4 is 10.6 Å². The number of rotatable bonds is 5. The van der Waals surface area contributed by atoms with E-state index in [-0.39, 0.29) is 31.9 Å². The van der Waals surface area contributed by atoms with Crippen molar-refractivity contribution in [2.45, 2.75) is 103 Å². The summed E-state index contributed by atoms with van der Waals surface area (Å²) in [7, 11) is -4.05. The van der Waals surface area contributed by atoms with Gasteiger partial charge in [-0.25, -0.2) is 9.59 Å². The van der Waals surface area contributed by atoms with Crippen molar-refractivity contribution in [1.29, 1.82) is 0 Å². The van der Waals surface area contributed by atoms with Crippen LogP contribution in [-0.4, -0.2) is 75.3 Å². The molecule has 13 heteroatoms. The Kier molecular flexibility index (Phi) is 10.2. The third kappa shape index (κ3) is 7.20. The molecule has 4 aliphatic rings. The number of hydrogen-bond acceptors (Lipinski definition) is 7. The molecule has 5 rings (SSSR count). The van der Waals surface area contributed by atoms with E-state index < -0.39 is 66.2 Å². The van der Waals surface area contributed by atoms with Crippen LogP contribution in [0.15, 0.2) is 43.3 Å². The van der Waals surface area contributed by atoms with Gasteiger partial charge in [0.25, 0.3) is 0 Å². The van der Waals surface area contributed by atoms with Crippen molar-refractivity contribution >= 4 is 31.4 Å². The predicted molar refractivity (Wildman–Crippen MR) is 180 cm³/mol. The number of carbonyl (C=O) groups is 4. The second kappa shape index (κ2) is 13.7. The van der Waals surface area contributed by atoms with Gasteiger partial charge in [0.2, 0.25) is 19.2 Å². The number of carbonyl (C=O) groups excluding carboxylic acids is 4. The number of alkyl carbamates (subject to hydrolysis) is 1. The van der Waals surface area contributed by atoms with Gasteiger partial charge < -0.3 is 29.9 Å². The fourth-order valence-corrected chi connectivity index (χ4v) is 8.77. The molecule has 0 radical (unpaired) electrons. The minimum atomic E-state index is -4.05. The van der Waals surface area contributed by atoms with E-state index in [2.05, 4.69) is 29.9 Å². The minimum absolute atomic E-state index is 0.0349. The number of fused-ring (bicyclic) bond motifs is 3. The Hall–Kier alpha value is -3.63. The van der Waals surface area contributed by atoms with Gasteiger partial charge in [0, 0.05) is 25.4 Å². The lowest BCUT2D eigenvalue weighted by Gasteiger charge is -2.35. The van der Waals surface area contributed by atoms with Crippen LogP contribution in [0.3, 0.4) is 0 Å². The summed E-state index contributed by atoms with van der Waals surface area (Å²) < 4.78 is 24.7. The SMILES string of the molecule is C=C[C@H]1C[C@]1(NC(=O)[C@@H]1C[C@@H]2CN1C(=O)[C@H](C(C)(C)C)NC(=O)OC[C@@H](C)CCCCc1cccc3c1CN(C3)C(=O)O2)P(=O)(O)C=C. The highest BCUT2D eigenvalue weighted by Crippen LogP contribution is 2.70. The van der Waals surface area contributed by atoms with E-state index in [4.69, 9.17) is 9.47 Å². The van der Waals surface area contributed by atoms with Gasteiger partial charge in [-0.05, 0) is 59.5 Å². The fourth-order valence-electron chi connectivity index (χ4n) is 7.14. The maximum absolute atomic E-state index is 14.3. The molecule has 4 bridgehead atoms. The summed E-state index contributed by atoms with van der Waals surface area (Å²) in [6.07, 6.45) is 3.15. The predicted octanol–water partition coefficient (Wildman–Crippen LogP) is 5.04. The van der Waals surface area contributed by atoms with E-state index >= 15 is 0 Å². The van der Waals surface area contributed by atoms with E-state index in [1.54, 1.807) is 25.7 Å². The molecule has 4 amide bonds. The number of nitrogens with one attached hydrogen (secondary N) is 2. The molecule has 1 unspecified atom stereocenters. The monoisotopic (exact) mass is 684 g/mol. The van der Waals surface area contributed by atoms with Crippen molar-refractivity contribution in [1.82, 2.24) is 20.4 Å². The van der Waals surface area contributed by atoms with E-state index in [1.807, 2.05) is 19.1 Å². The normalized spacial score (nSPS) is 31.1. The largest absolute Gasteiger partial charge is 0.449 e. The van der Waals surface area contributed by atoms with Gasteiger partial charge in [-0.2, -0.15) is 0 Å². The second-order valence-electron chi connectivity index (χ2n) is 14.8. The maximum Gasteiger partial charge on any atom is 0.410 e. The van der Waals surface area contributed by atoms with Crippen LogP contribution in [0.25, 0.3) is 0 Å². The molecule has 1 aromatic rings. The fraction of sp³-hybridized carbons (Fsp3) is 0.600. The first kappa shape index (κ1) is 35.7. The van der Waals surface area contributed by atoms with E-state index in [9.17, 15) is 28.6 Å². The highest BCUT2D eigenvalue weighted by Gasteiger charge is 2.65. The maximum atomic E-state index is 14.3. The zero-order valence-electron chi connectivity index (χ0n) is 28.4. The summed E-state index contributed by atoms with van der Waals surface area (Å²) in [6.45, 7) is 15.5. The average Bonchev–Trinajstić information content (AvgIpc) is 3.35. The average molecular weight is 685 g/mol. The van der Waals surface area contributed by atoms with Crippen LogP contribution >= 0.6 is 7.37 Å². The number of cyclic esters (lactones) is 1. The number of nitrogens with zero attached hydrogens (tertiary/aromatic N) is 2. The smallest absolute Gasteiger partial charge is 0.410 e. The molecular formula is C35H49N4O8P. The molecule has 3 N–H and O–H groups in total. The molecule has 2 fully saturated rings. The Bertz CT molecular complexity index is 1520. The summed E-state index contributed by atoms with van der Waals surface area (Å²) in [5.41, 5.74) is 2.59. The number of amides is 4. The summed E-state index contributed by atoms with van der Waals surface area (Å²) in [6, 6.07) is 3.87. The molecule has 0 spiro atoms. The van der Waals surface area contributed by atoms with Gasteiger partial charge in [0.1, 0.15) is 23.5 Å². The number of benzene rings is 1. The zero-order valence-corrected chi connectivity index (χ0v) is 29.3. The van der Waals surface area contributed by atoms with Gasteiger partial charge >= 0.3 is 12.2 Å². The molecule has 1 aliphatic carbocycles. The third-order valence-corrected chi connectivity index (χ3v) is 12.4. The number of aryl methyl sites for hydroxylation is 1. The van der Waals surface area contributed by atoms with Crippen molar-refractivity contribution < 1.29 is 38.1 Å². The topological polar surface area (TPSA) is 155 Å². The van der Waals surface area contributed by atoms with Crippen molar-refractivity contribution in [3.05, 3.63) is 59.9 Å². The standard InChI is InChI=1S/C35H49N4O8P/c1-7-25-17-35(25,48(44,45)8-2)37-30(40)28-16-26-19-39(28)31(41)29(34(4,5)6)36-32(42)46-21-22(3)12-9-10-13-23-14-11-15-24-18-38(20-27(23)24)33(43)47-26/h7-8,11,14-15,22,25-26,28-29H,1-2,9-10,12-13,16-21H2,3-6H3,(H,36,42)(H,37,40)(H,44,45)/t22-,25-,26+,28-,29+,35-/m0/s1. The van der Waals surface area contributed by atoms with Crippen LogP contribution in [0.5, 0.6) is 0 Å². The van der Waals surface area contributed by atoms with Crippen molar-refractivity contribution in [3.8, 4) is 0 Å². The lowest BCUT2D eigenvalue weighted by molar-refractivity contribution is -0.142. The Balaban J connectivity index is 1.45. The first-order valence-electron chi connectivity index (χ1n) is 16.8. The molecule has 0 aromatic heterocycles. The van der Waals surface area contributed by atoms with Crippen LogP contribution in [0.2, 0.25) is 0 Å². The Morgan fingerprint density at radius 1 is 1.17 bits per heavy atom. The lowest BCUT2D eigenvalue weighted by Crippen LogP contribution is -2.58. The third-order valence-electron chi connectivity index (χ3n) is 10.1. The minimum Gasteiger partial charge on any atom is -0.449 e. The van der Waals surface area contributed by atoms with Crippen molar-refractivity contribution in [2.75, 3.05) is 13.2 Å². The highest BCUT2D eigenvalue weighted by molar-refractivity contribution is 7.63. The number of hydrogen-bond donors (Lipinski definition) is 3. The molecule has 12 nitrogen and oxygen atoms in total. The number of ether oxygens (including phenoxy) is 2. The molecule has 1 aromatic carbocycles. The quantitative estimate of drug-likeness (QED) is 0.288. The van der Waals surface area contributed by atoms with Gasteiger partial charge in [-0.3, -0.25) is 19.1 Å². The first-order chi connectivity index (χ1) is 22.6. The van der Waals surface area contributed by atoms with Crippen LogP contribution in [0.1, 0.15) is 76.5 Å². The molecule has 1 saturated carbocycles. The first-order valence-corrected chi connectivity index (χ1v) is 18.5. The Morgan fingerprint density at radius 2 is 1.90 bits per heavy atom. The second-order valence-corrected chi connectivity index (χ2v) is 17.2. The van der Waals surface area contributed by atoms with Crippen molar-refractivity contribution in [2.24, 2.45) is 17.3 Å². The summed E-state index contributed by atoms with van der Waals surface area (Å²) >= 11 is 0. The Labute approximate surface area is 282 Å². The summed E-state index contributed by atoms with van der Waals surface area (Å²) in [5, 5.41) is 3.99. The van der Waals surface area contributed by atoms with Crippen LogP contribution in [0, 0.1) is 17.3 Å². The summed E-state index contributed by atoms with van der Waals surface area (Å²) in [4.78, 5) is 68.5. The Morgan fingerprint density at radius 3 is 2.56 bits per heavy atom. The molecule has 3 heterocycles. The molecule has 7 atom stereocenters. The molecule has 1 saturated heterocycles. The van der Waals surface area contributed by atoms with Gasteiger partial charge in [-0.15, -0.1) is 6.58 Å². The van der Waals surface area contributed by atoms with Gasteiger partial charge in [-0.1, -0.05) is 65.0 Å². The van der Waals surface area contributed by atoms with E-state index in [0.717, 1.165) is 42.6 Å². The molecule has 48 heavy (non-hydrogen) atoms. The van der Waals surface area contributed by atoms with Gasteiger partial charge in [0.15, 0.2) is 0 Å². The highest BCUT2D eigenvalue weighted by atomic mass is 31.2. The van der Waals surface area contributed by atoms with E-state index in [0.29, 0.717) is 13.1 Å². The van der Waals surface area contributed by atoms with E-state index in [1.165, 1.54) is 16.5 Å². The van der Waals surface area contributed by atoms with Crippen LogP contribution in [0.4, 0.5) is 9.59 Å². The molecular weight excluding hydrogens is 635 g/mol. The van der Waals surface area contributed by atoms with Crippen LogP contribution in [-0.2, 0) is 43.1 Å². The molecule has 3 aliphatic heterocycles. The summed E-state index contributed by atoms with van der Waals surface area (Å²) in [5.74, 6) is -0.626. The zero-order chi connectivity index (χ0) is 35.0. The van der Waals surface area contributed by atoms with Crippen molar-refractivity contribution in [3.63, 3.8) is 0 Å². The van der Waals surface area contributed by atoms with Gasteiger partial charge in [0.05, 0.1) is 13.2 Å².